The van der Waals surface area contributed by atoms with Crippen molar-refractivity contribution in [1.82, 2.24) is 14.8 Å². The van der Waals surface area contributed by atoms with Crippen LogP contribution in [0.5, 0.6) is 0 Å². The molecule has 2 aromatic rings. The number of carbonyl (C=O) groups is 1. The molecule has 2 rings (SSSR count). The van der Waals surface area contributed by atoms with Crippen molar-refractivity contribution in [2.75, 3.05) is 5.73 Å². The molecule has 2 N–H and O–H groups in total. The van der Waals surface area contributed by atoms with Crippen molar-refractivity contribution in [3.05, 3.63) is 48.1 Å². The van der Waals surface area contributed by atoms with Gasteiger partial charge in [0.25, 0.3) is 0 Å². The molecule has 0 aliphatic rings. The van der Waals surface area contributed by atoms with E-state index in [2.05, 4.69) is 17.0 Å². The first-order valence-electron chi connectivity index (χ1n) is 6.62. The number of hydrogen-bond acceptors (Lipinski definition) is 4. The molecule has 0 unspecified atom stereocenters. The molecule has 0 saturated carbocycles. The van der Waals surface area contributed by atoms with E-state index in [1.54, 1.807) is 16.8 Å². The Labute approximate surface area is 118 Å². The Kier molecular flexibility index (Phi) is 4.65. The topological polar surface area (TPSA) is 73.8 Å². The summed E-state index contributed by atoms with van der Waals surface area (Å²) in [4.78, 5) is 16.0. The minimum absolute atomic E-state index is 0.00665. The van der Waals surface area contributed by atoms with Crippen molar-refractivity contribution in [3.8, 4) is 0 Å². The predicted molar refractivity (Wildman–Crippen MR) is 78.9 cm³/mol. The molecular weight excluding hydrogens is 252 g/mol. The number of aromatic nitrogens is 3. The maximum absolute atomic E-state index is 11.9. The molecule has 0 amide bonds. The van der Waals surface area contributed by atoms with Crippen LogP contribution in [0.15, 0.2) is 36.7 Å². The number of benzene rings is 1. The average Bonchev–Trinajstić information content (AvgIpc) is 2.86. The van der Waals surface area contributed by atoms with Gasteiger partial charge in [0.1, 0.15) is 12.2 Å². The average molecular weight is 270 g/mol. The molecule has 0 spiro atoms. The van der Waals surface area contributed by atoms with Crippen molar-refractivity contribution in [2.24, 2.45) is 0 Å². The fourth-order valence-electron chi connectivity index (χ4n) is 1.83. The minimum Gasteiger partial charge on any atom is -0.399 e. The molecule has 20 heavy (non-hydrogen) atoms. The van der Waals surface area contributed by atoms with Gasteiger partial charge in [0.15, 0.2) is 5.78 Å². The van der Waals surface area contributed by atoms with Crippen LogP contribution >= 0.6 is 0 Å². The number of carbonyl (C=O) groups excluding carboxylic acids is 1. The van der Waals surface area contributed by atoms with E-state index in [0.29, 0.717) is 11.5 Å². The SMILES string of the molecule is CCCn1ncnc1CC(=O)/C=C/c1ccc(N)cc1. The van der Waals surface area contributed by atoms with Gasteiger partial charge in [-0.25, -0.2) is 9.67 Å². The van der Waals surface area contributed by atoms with E-state index >= 15 is 0 Å². The number of rotatable bonds is 6. The summed E-state index contributed by atoms with van der Waals surface area (Å²) >= 11 is 0. The van der Waals surface area contributed by atoms with Crippen LogP contribution in [0.3, 0.4) is 0 Å². The van der Waals surface area contributed by atoms with Gasteiger partial charge in [-0.2, -0.15) is 5.10 Å². The summed E-state index contributed by atoms with van der Waals surface area (Å²) in [6.45, 7) is 2.85. The van der Waals surface area contributed by atoms with Gasteiger partial charge in [0.05, 0.1) is 6.42 Å². The molecule has 0 aliphatic heterocycles. The molecule has 0 radical (unpaired) electrons. The van der Waals surface area contributed by atoms with Crippen LogP contribution in [0.25, 0.3) is 6.08 Å². The standard InChI is InChI=1S/C15H18N4O/c1-2-9-19-15(17-11-18-19)10-14(20)8-5-12-3-6-13(16)7-4-12/h3-8,11H,2,9-10,16H2,1H3/b8-5+. The molecule has 0 fully saturated rings. The third-order valence-corrected chi connectivity index (χ3v) is 2.86. The highest BCUT2D eigenvalue weighted by Gasteiger charge is 2.07. The van der Waals surface area contributed by atoms with Gasteiger partial charge < -0.3 is 5.73 Å². The van der Waals surface area contributed by atoms with Gasteiger partial charge in [-0.15, -0.1) is 0 Å². The fourth-order valence-corrected chi connectivity index (χ4v) is 1.83. The highest BCUT2D eigenvalue weighted by molar-refractivity contribution is 5.94. The first-order valence-corrected chi connectivity index (χ1v) is 6.62. The zero-order valence-electron chi connectivity index (χ0n) is 11.5. The maximum Gasteiger partial charge on any atom is 0.163 e. The fraction of sp³-hybridized carbons (Fsp3) is 0.267. The van der Waals surface area contributed by atoms with E-state index in [0.717, 1.165) is 18.5 Å². The van der Waals surface area contributed by atoms with E-state index in [-0.39, 0.29) is 12.2 Å². The lowest BCUT2D eigenvalue weighted by molar-refractivity contribution is -0.114. The van der Waals surface area contributed by atoms with Gasteiger partial charge >= 0.3 is 0 Å². The third-order valence-electron chi connectivity index (χ3n) is 2.86. The zero-order valence-corrected chi connectivity index (χ0v) is 11.5. The molecule has 1 aromatic heterocycles. The Morgan fingerprint density at radius 1 is 1.35 bits per heavy atom. The summed E-state index contributed by atoms with van der Waals surface area (Å²) in [6.07, 6.45) is 6.07. The number of allylic oxidation sites excluding steroid dienone is 1. The van der Waals surface area contributed by atoms with Crippen molar-refractivity contribution in [1.29, 1.82) is 0 Å². The van der Waals surface area contributed by atoms with Gasteiger partial charge in [-0.05, 0) is 30.2 Å². The van der Waals surface area contributed by atoms with Crippen molar-refractivity contribution in [2.45, 2.75) is 26.3 Å². The Bertz CT molecular complexity index is 599. The Morgan fingerprint density at radius 3 is 2.80 bits per heavy atom. The first-order chi connectivity index (χ1) is 9.69. The summed E-state index contributed by atoms with van der Waals surface area (Å²) in [5.74, 6) is 0.714. The first kappa shape index (κ1) is 14.0. The lowest BCUT2D eigenvalue weighted by atomic mass is 10.1. The predicted octanol–water partition coefficient (Wildman–Crippen LogP) is 2.10. The highest BCUT2D eigenvalue weighted by atomic mass is 16.1. The number of ketones is 1. The third kappa shape index (κ3) is 3.78. The summed E-state index contributed by atoms with van der Waals surface area (Å²) < 4.78 is 1.77. The molecule has 1 heterocycles. The van der Waals surface area contributed by atoms with Crippen LogP contribution in [0, 0.1) is 0 Å². The summed E-state index contributed by atoms with van der Waals surface area (Å²) in [6, 6.07) is 7.36. The second kappa shape index (κ2) is 6.65. The van der Waals surface area contributed by atoms with E-state index in [9.17, 15) is 4.79 Å². The Morgan fingerprint density at radius 2 is 2.10 bits per heavy atom. The quantitative estimate of drug-likeness (QED) is 0.644. The molecule has 104 valence electrons. The second-order valence-electron chi connectivity index (χ2n) is 4.54. The largest absolute Gasteiger partial charge is 0.399 e. The monoisotopic (exact) mass is 270 g/mol. The van der Waals surface area contributed by atoms with Crippen molar-refractivity contribution in [3.63, 3.8) is 0 Å². The maximum atomic E-state index is 11.9. The number of nitrogens with zero attached hydrogens (tertiary/aromatic N) is 3. The van der Waals surface area contributed by atoms with E-state index in [4.69, 9.17) is 5.73 Å². The summed E-state index contributed by atoms with van der Waals surface area (Å²) in [5.41, 5.74) is 7.27. The van der Waals surface area contributed by atoms with Gasteiger partial charge in [0, 0.05) is 12.2 Å². The van der Waals surface area contributed by atoms with Crippen LogP contribution < -0.4 is 5.73 Å². The summed E-state index contributed by atoms with van der Waals surface area (Å²) in [5, 5.41) is 4.10. The molecule has 0 saturated heterocycles. The molecule has 0 bridgehead atoms. The van der Waals surface area contributed by atoms with Crippen LogP contribution in [0.1, 0.15) is 24.7 Å². The number of anilines is 1. The van der Waals surface area contributed by atoms with E-state index < -0.39 is 0 Å². The van der Waals surface area contributed by atoms with Crippen molar-refractivity contribution < 1.29 is 4.79 Å². The second-order valence-corrected chi connectivity index (χ2v) is 4.54. The molecule has 0 aliphatic carbocycles. The van der Waals surface area contributed by atoms with Gasteiger partial charge in [-0.1, -0.05) is 25.1 Å². The molecule has 5 heteroatoms. The Balaban J connectivity index is 1.98. The number of nitrogens with two attached hydrogens (primary N) is 1. The number of aryl methyl sites for hydroxylation is 1. The zero-order chi connectivity index (χ0) is 14.4. The minimum atomic E-state index is 0.00665. The highest BCUT2D eigenvalue weighted by Crippen LogP contribution is 2.07. The summed E-state index contributed by atoms with van der Waals surface area (Å²) in [7, 11) is 0. The van der Waals surface area contributed by atoms with Crippen LogP contribution in [-0.2, 0) is 17.8 Å². The van der Waals surface area contributed by atoms with E-state index in [1.165, 1.54) is 6.33 Å². The lowest BCUT2D eigenvalue weighted by Gasteiger charge is -2.01. The molecule has 5 nitrogen and oxygen atoms in total. The lowest BCUT2D eigenvalue weighted by Crippen LogP contribution is -2.09. The smallest absolute Gasteiger partial charge is 0.163 e. The normalized spacial score (nSPS) is 11.1. The number of hydrogen-bond donors (Lipinski definition) is 1. The van der Waals surface area contributed by atoms with Crippen molar-refractivity contribution >= 4 is 17.5 Å². The van der Waals surface area contributed by atoms with Crippen LogP contribution in [-0.4, -0.2) is 20.5 Å². The number of nitrogen functional groups attached to an aromatic ring is 1. The molecule has 0 atom stereocenters. The van der Waals surface area contributed by atoms with Gasteiger partial charge in [0.2, 0.25) is 0 Å². The molecular formula is C15H18N4O. The van der Waals surface area contributed by atoms with Crippen LogP contribution in [0.2, 0.25) is 0 Å². The van der Waals surface area contributed by atoms with Gasteiger partial charge in [-0.3, -0.25) is 4.79 Å². The van der Waals surface area contributed by atoms with Crippen LogP contribution in [0.4, 0.5) is 5.69 Å². The van der Waals surface area contributed by atoms with E-state index in [1.807, 2.05) is 24.3 Å². The molecule has 1 aromatic carbocycles. The Hall–Kier alpha value is -2.43.